The predicted octanol–water partition coefficient (Wildman–Crippen LogP) is 1.00. The lowest BCUT2D eigenvalue weighted by Crippen LogP contribution is -2.19. The number of nitriles is 2. The van der Waals surface area contributed by atoms with E-state index in [1.807, 2.05) is 10.8 Å². The number of hydrogen-bond acceptors (Lipinski definition) is 5. The van der Waals surface area contributed by atoms with E-state index in [2.05, 4.69) is 5.32 Å². The van der Waals surface area contributed by atoms with Crippen molar-refractivity contribution in [2.45, 2.75) is 0 Å². The largest absolute Gasteiger partial charge is 0.315 e. The molecule has 0 spiro atoms. The molecule has 0 rings (SSSR count). The molecular weight excluding hydrogens is 178 g/mol. The maximum atomic E-state index is 8.15. The van der Waals surface area contributed by atoms with Crippen LogP contribution < -0.4 is 5.32 Å². The van der Waals surface area contributed by atoms with Crippen LogP contribution in [0.25, 0.3) is 0 Å². The van der Waals surface area contributed by atoms with Crippen molar-refractivity contribution in [3.05, 3.63) is 0 Å². The molecule has 0 aromatic heterocycles. The molecule has 60 valence electrons. The van der Waals surface area contributed by atoms with Gasteiger partial charge in [-0.1, -0.05) is 0 Å². The Labute approximate surface area is 75.1 Å². The molecule has 0 bridgehead atoms. The lowest BCUT2D eigenvalue weighted by molar-refractivity contribution is 0.775. The number of nitrogens with zero attached hydrogens (tertiary/aromatic N) is 2. The molecule has 0 unspecified atom stereocenters. The van der Waals surface area contributed by atoms with Gasteiger partial charge in [0, 0.05) is 24.6 Å². The normalized spacial score (nSPS) is 8.55. The first-order chi connectivity index (χ1) is 5.41. The minimum Gasteiger partial charge on any atom is -0.315 e. The van der Waals surface area contributed by atoms with Crippen LogP contribution in [0.2, 0.25) is 0 Å². The average Bonchev–Trinajstić information content (AvgIpc) is 2.03. The van der Waals surface area contributed by atoms with Crippen LogP contribution in [0.15, 0.2) is 0 Å². The second-order valence-corrected chi connectivity index (χ2v) is 3.39. The van der Waals surface area contributed by atoms with Gasteiger partial charge in [-0.15, -0.1) is 0 Å². The molecule has 1 N–H and O–H groups in total. The summed E-state index contributed by atoms with van der Waals surface area (Å²) in [5.74, 6) is 1.63. The number of nitrogens with one attached hydrogen (secondary N) is 1. The van der Waals surface area contributed by atoms with E-state index in [1.165, 1.54) is 23.5 Å². The molecule has 5 heteroatoms. The number of rotatable bonds is 6. The fourth-order valence-electron chi connectivity index (χ4n) is 0.463. The van der Waals surface area contributed by atoms with Gasteiger partial charge in [-0.3, -0.25) is 0 Å². The van der Waals surface area contributed by atoms with Gasteiger partial charge >= 0.3 is 0 Å². The van der Waals surface area contributed by atoms with E-state index in [4.69, 9.17) is 10.5 Å². The summed E-state index contributed by atoms with van der Waals surface area (Å²) in [4.78, 5) is 0. The molecule has 0 saturated heterocycles. The minimum atomic E-state index is 0.813. The third kappa shape index (κ3) is 9.64. The maximum Gasteiger partial charge on any atom is 0.133 e. The highest BCUT2D eigenvalue weighted by Crippen LogP contribution is 1.94. The van der Waals surface area contributed by atoms with E-state index in [0.29, 0.717) is 0 Å². The lowest BCUT2D eigenvalue weighted by Gasteiger charge is -1.97. The molecule has 0 aliphatic rings. The van der Waals surface area contributed by atoms with Gasteiger partial charge in [0.05, 0.1) is 0 Å². The quantitative estimate of drug-likeness (QED) is 0.496. The average molecular weight is 187 g/mol. The van der Waals surface area contributed by atoms with Crippen molar-refractivity contribution < 1.29 is 0 Å². The van der Waals surface area contributed by atoms with Crippen molar-refractivity contribution in [1.29, 1.82) is 10.5 Å². The molecule has 0 aliphatic heterocycles. The van der Waals surface area contributed by atoms with Crippen LogP contribution in [-0.2, 0) is 0 Å². The fraction of sp³-hybridized carbons (Fsp3) is 0.667. The first-order valence-electron chi connectivity index (χ1n) is 3.14. The van der Waals surface area contributed by atoms with Crippen molar-refractivity contribution in [1.82, 2.24) is 5.32 Å². The van der Waals surface area contributed by atoms with E-state index < -0.39 is 0 Å². The molecule has 0 saturated carbocycles. The number of hydrogen-bond donors (Lipinski definition) is 1. The zero-order valence-electron chi connectivity index (χ0n) is 6.04. The molecule has 0 aromatic rings. The summed E-state index contributed by atoms with van der Waals surface area (Å²) in [5, 5.41) is 23.4. The highest BCUT2D eigenvalue weighted by atomic mass is 32.2. The van der Waals surface area contributed by atoms with E-state index in [-0.39, 0.29) is 0 Å². The molecule has 0 fully saturated rings. The second-order valence-electron chi connectivity index (χ2n) is 1.63. The summed E-state index contributed by atoms with van der Waals surface area (Å²) >= 11 is 2.49. The van der Waals surface area contributed by atoms with Crippen LogP contribution >= 0.6 is 23.5 Å². The first kappa shape index (κ1) is 10.6. The number of thioether (sulfide) groups is 2. The molecule has 0 heterocycles. The summed E-state index contributed by atoms with van der Waals surface area (Å²) in [6.45, 7) is 1.68. The Morgan fingerprint density at radius 2 is 1.45 bits per heavy atom. The Hall–Kier alpha value is -0.360. The molecule has 0 aliphatic carbocycles. The Morgan fingerprint density at radius 3 is 1.82 bits per heavy atom. The summed E-state index contributed by atoms with van der Waals surface area (Å²) in [5.41, 5.74) is 0. The van der Waals surface area contributed by atoms with Crippen molar-refractivity contribution in [2.24, 2.45) is 0 Å². The molecule has 0 aromatic carbocycles. The third-order valence-corrected chi connectivity index (χ3v) is 1.97. The van der Waals surface area contributed by atoms with Gasteiger partial charge in [0.15, 0.2) is 0 Å². The van der Waals surface area contributed by atoms with Crippen LogP contribution in [0.1, 0.15) is 0 Å². The van der Waals surface area contributed by atoms with Crippen LogP contribution in [0.5, 0.6) is 0 Å². The highest BCUT2D eigenvalue weighted by Gasteiger charge is 1.87. The van der Waals surface area contributed by atoms with Gasteiger partial charge in [0.1, 0.15) is 10.8 Å². The van der Waals surface area contributed by atoms with Crippen LogP contribution in [0, 0.1) is 21.3 Å². The van der Waals surface area contributed by atoms with Gasteiger partial charge < -0.3 is 5.32 Å². The lowest BCUT2D eigenvalue weighted by atomic mass is 10.7. The van der Waals surface area contributed by atoms with Gasteiger partial charge in [-0.05, 0) is 23.5 Å². The van der Waals surface area contributed by atoms with E-state index in [1.54, 1.807) is 0 Å². The molecular formula is C6H9N3S2. The van der Waals surface area contributed by atoms with Crippen LogP contribution in [0.3, 0.4) is 0 Å². The molecule has 0 atom stereocenters. The fourth-order valence-corrected chi connectivity index (χ4v) is 1.14. The smallest absolute Gasteiger partial charge is 0.133 e. The Balaban J connectivity index is 2.82. The SMILES string of the molecule is N#CSCCNCCSC#N. The Bertz CT molecular complexity index is 140. The molecule has 3 nitrogen and oxygen atoms in total. The predicted molar refractivity (Wildman–Crippen MR) is 49.0 cm³/mol. The van der Waals surface area contributed by atoms with E-state index >= 15 is 0 Å². The molecule has 11 heavy (non-hydrogen) atoms. The maximum absolute atomic E-state index is 8.15. The summed E-state index contributed by atoms with van der Waals surface area (Å²) in [6, 6.07) is 0. The summed E-state index contributed by atoms with van der Waals surface area (Å²) in [7, 11) is 0. The second kappa shape index (κ2) is 9.64. The van der Waals surface area contributed by atoms with Crippen molar-refractivity contribution in [2.75, 3.05) is 24.6 Å². The van der Waals surface area contributed by atoms with Crippen molar-refractivity contribution in [3.8, 4) is 10.8 Å². The van der Waals surface area contributed by atoms with Crippen molar-refractivity contribution in [3.63, 3.8) is 0 Å². The molecule has 0 radical (unpaired) electrons. The van der Waals surface area contributed by atoms with Crippen molar-refractivity contribution >= 4 is 23.5 Å². The van der Waals surface area contributed by atoms with Crippen LogP contribution in [0.4, 0.5) is 0 Å². The summed E-state index contributed by atoms with van der Waals surface area (Å²) < 4.78 is 0. The van der Waals surface area contributed by atoms with Crippen LogP contribution in [-0.4, -0.2) is 24.6 Å². The highest BCUT2D eigenvalue weighted by molar-refractivity contribution is 8.03. The zero-order valence-corrected chi connectivity index (χ0v) is 7.67. The monoisotopic (exact) mass is 187 g/mol. The van der Waals surface area contributed by atoms with Gasteiger partial charge in [0.25, 0.3) is 0 Å². The topological polar surface area (TPSA) is 59.6 Å². The Kier molecular flexibility index (Phi) is 9.32. The van der Waals surface area contributed by atoms with Gasteiger partial charge in [0.2, 0.25) is 0 Å². The molecule has 0 amide bonds. The first-order valence-corrected chi connectivity index (χ1v) is 5.11. The number of thiocyanates is 2. The summed E-state index contributed by atoms with van der Waals surface area (Å²) in [6.07, 6.45) is 0. The van der Waals surface area contributed by atoms with Gasteiger partial charge in [-0.2, -0.15) is 10.5 Å². The third-order valence-electron chi connectivity index (χ3n) is 0.891. The van der Waals surface area contributed by atoms with Gasteiger partial charge in [-0.25, -0.2) is 0 Å². The Morgan fingerprint density at radius 1 is 1.00 bits per heavy atom. The van der Waals surface area contributed by atoms with E-state index in [0.717, 1.165) is 24.6 Å². The zero-order chi connectivity index (χ0) is 8.36. The minimum absolute atomic E-state index is 0.813. The standard InChI is InChI=1S/C6H9N3S2/c7-5-10-3-1-9-2-4-11-6-8/h9H,1-4H2. The van der Waals surface area contributed by atoms with E-state index in [9.17, 15) is 0 Å².